The van der Waals surface area contributed by atoms with E-state index < -0.39 is 0 Å². The summed E-state index contributed by atoms with van der Waals surface area (Å²) >= 11 is 5.96. The van der Waals surface area contributed by atoms with Gasteiger partial charge in [0.15, 0.2) is 0 Å². The van der Waals surface area contributed by atoms with Gasteiger partial charge in [-0.2, -0.15) is 0 Å². The Morgan fingerprint density at radius 3 is 2.55 bits per heavy atom. The minimum Gasteiger partial charge on any atom is -0.311 e. The lowest BCUT2D eigenvalue weighted by molar-refractivity contribution is 0.345. The molecule has 0 aromatic heterocycles. The predicted molar refractivity (Wildman–Crippen MR) is 83.9 cm³/mol. The molecule has 0 heterocycles. The lowest BCUT2D eigenvalue weighted by Crippen LogP contribution is -2.40. The van der Waals surface area contributed by atoms with E-state index in [9.17, 15) is 4.39 Å². The van der Waals surface area contributed by atoms with Crippen molar-refractivity contribution in [2.45, 2.75) is 57.9 Å². The van der Waals surface area contributed by atoms with Crippen molar-refractivity contribution in [1.82, 2.24) is 5.32 Å². The van der Waals surface area contributed by atoms with Gasteiger partial charge in [-0.3, -0.25) is 0 Å². The minimum atomic E-state index is -0.234. The number of nitrogens with one attached hydrogen (secondary N) is 1. The van der Waals surface area contributed by atoms with E-state index in [0.717, 1.165) is 12.1 Å². The Morgan fingerprint density at radius 2 is 1.95 bits per heavy atom. The molecule has 0 aliphatic heterocycles. The quantitative estimate of drug-likeness (QED) is 0.811. The maximum atomic E-state index is 14.4. The molecule has 0 radical (unpaired) electrons. The maximum Gasteiger partial charge on any atom is 0.145 e. The van der Waals surface area contributed by atoms with Gasteiger partial charge in [-0.15, -0.1) is 0 Å². The maximum absolute atomic E-state index is 14.4. The van der Waals surface area contributed by atoms with E-state index in [1.54, 1.807) is 6.07 Å². The number of halogens is 2. The smallest absolute Gasteiger partial charge is 0.145 e. The third-order valence-corrected chi connectivity index (χ3v) is 4.49. The van der Waals surface area contributed by atoms with Gasteiger partial charge in [-0.05, 0) is 51.2 Å². The van der Waals surface area contributed by atoms with E-state index >= 15 is 0 Å². The van der Waals surface area contributed by atoms with Crippen LogP contribution >= 0.6 is 11.6 Å². The van der Waals surface area contributed by atoms with Crippen molar-refractivity contribution in [2.75, 3.05) is 6.54 Å². The largest absolute Gasteiger partial charge is 0.311 e. The lowest BCUT2D eigenvalue weighted by atomic mass is 9.84. The number of rotatable bonds is 4. The van der Waals surface area contributed by atoms with Crippen LogP contribution in [0.2, 0.25) is 5.02 Å². The summed E-state index contributed by atoms with van der Waals surface area (Å²) in [5.74, 6) is 0.551. The summed E-state index contributed by atoms with van der Waals surface area (Å²) in [5.41, 5.74) is 0.826. The Balaban J connectivity index is 2.23. The van der Waals surface area contributed by atoms with E-state index in [1.807, 2.05) is 12.1 Å². The molecule has 0 bridgehead atoms. The molecule has 2 rings (SSSR count). The molecule has 1 saturated carbocycles. The molecule has 1 aliphatic rings. The molecule has 1 atom stereocenters. The molecule has 0 spiro atoms. The first-order chi connectivity index (χ1) is 9.38. The van der Waals surface area contributed by atoms with Crippen LogP contribution in [0.5, 0.6) is 0 Å². The first kappa shape index (κ1) is 15.8. The van der Waals surface area contributed by atoms with Crippen molar-refractivity contribution in [3.63, 3.8) is 0 Å². The SMILES string of the molecule is CC(C)(C)NCC(c1cccc(Cl)c1F)C1CCCC1. The van der Waals surface area contributed by atoms with Gasteiger partial charge in [0.1, 0.15) is 5.82 Å². The van der Waals surface area contributed by atoms with Crippen molar-refractivity contribution in [3.8, 4) is 0 Å². The van der Waals surface area contributed by atoms with Gasteiger partial charge >= 0.3 is 0 Å². The zero-order valence-corrected chi connectivity index (χ0v) is 13.4. The number of hydrogen-bond donors (Lipinski definition) is 1. The lowest BCUT2D eigenvalue weighted by Gasteiger charge is -2.29. The number of benzene rings is 1. The van der Waals surface area contributed by atoms with Crippen LogP contribution in [0.15, 0.2) is 18.2 Å². The van der Waals surface area contributed by atoms with Crippen LogP contribution in [0.4, 0.5) is 4.39 Å². The van der Waals surface area contributed by atoms with Crippen LogP contribution in [0.3, 0.4) is 0 Å². The highest BCUT2D eigenvalue weighted by atomic mass is 35.5. The summed E-state index contributed by atoms with van der Waals surface area (Å²) in [5, 5.41) is 3.77. The average Bonchev–Trinajstić information content (AvgIpc) is 2.87. The summed E-state index contributed by atoms with van der Waals surface area (Å²) in [6.07, 6.45) is 4.92. The summed E-state index contributed by atoms with van der Waals surface area (Å²) in [6, 6.07) is 5.39. The molecule has 1 N–H and O–H groups in total. The summed E-state index contributed by atoms with van der Waals surface area (Å²) in [6.45, 7) is 7.25. The second-order valence-electron chi connectivity index (χ2n) is 6.92. The van der Waals surface area contributed by atoms with E-state index in [0.29, 0.717) is 5.92 Å². The highest BCUT2D eigenvalue weighted by Crippen LogP contribution is 2.39. The fourth-order valence-electron chi connectivity index (χ4n) is 3.11. The Labute approximate surface area is 126 Å². The van der Waals surface area contributed by atoms with Gasteiger partial charge in [0.05, 0.1) is 5.02 Å². The number of hydrogen-bond acceptors (Lipinski definition) is 1. The monoisotopic (exact) mass is 297 g/mol. The normalized spacial score (nSPS) is 18.4. The molecule has 1 unspecified atom stereocenters. The molecule has 3 heteroatoms. The van der Waals surface area contributed by atoms with Crippen LogP contribution in [-0.2, 0) is 0 Å². The fraction of sp³-hybridized carbons (Fsp3) is 0.647. The van der Waals surface area contributed by atoms with E-state index in [1.165, 1.54) is 25.7 Å². The molecule has 0 saturated heterocycles. The average molecular weight is 298 g/mol. The van der Waals surface area contributed by atoms with E-state index in [-0.39, 0.29) is 22.3 Å². The fourth-order valence-corrected chi connectivity index (χ4v) is 3.30. The van der Waals surface area contributed by atoms with Crippen molar-refractivity contribution in [2.24, 2.45) is 5.92 Å². The standard InChI is InChI=1S/C17H25ClFN/c1-17(2,3)20-11-14(12-7-4-5-8-12)13-9-6-10-15(18)16(13)19/h6,9-10,12,14,20H,4-5,7-8,11H2,1-3H3. The first-order valence-corrected chi connectivity index (χ1v) is 7.95. The van der Waals surface area contributed by atoms with Gasteiger partial charge in [0.2, 0.25) is 0 Å². The van der Waals surface area contributed by atoms with Crippen molar-refractivity contribution in [1.29, 1.82) is 0 Å². The van der Waals surface area contributed by atoms with Gasteiger partial charge in [0, 0.05) is 18.0 Å². The van der Waals surface area contributed by atoms with Gasteiger partial charge in [0.25, 0.3) is 0 Å². The highest BCUT2D eigenvalue weighted by Gasteiger charge is 2.29. The van der Waals surface area contributed by atoms with Gasteiger partial charge in [-0.1, -0.05) is 36.6 Å². The molecule has 112 valence electrons. The predicted octanol–water partition coefficient (Wildman–Crippen LogP) is 5.14. The van der Waals surface area contributed by atoms with Crippen LogP contribution in [0.25, 0.3) is 0 Å². The third-order valence-electron chi connectivity index (χ3n) is 4.20. The van der Waals surface area contributed by atoms with Gasteiger partial charge < -0.3 is 5.32 Å². The van der Waals surface area contributed by atoms with E-state index in [4.69, 9.17) is 11.6 Å². The third kappa shape index (κ3) is 3.95. The van der Waals surface area contributed by atoms with Crippen LogP contribution in [0, 0.1) is 11.7 Å². The summed E-state index contributed by atoms with van der Waals surface area (Å²) in [7, 11) is 0. The molecular weight excluding hydrogens is 273 g/mol. The molecule has 1 aromatic carbocycles. The molecule has 0 amide bonds. The molecular formula is C17H25ClFN. The topological polar surface area (TPSA) is 12.0 Å². The molecule has 1 aromatic rings. The molecule has 20 heavy (non-hydrogen) atoms. The Kier molecular flexibility index (Phi) is 5.09. The summed E-state index contributed by atoms with van der Waals surface area (Å²) < 4.78 is 14.4. The molecule has 1 fully saturated rings. The zero-order chi connectivity index (χ0) is 14.8. The summed E-state index contributed by atoms with van der Waals surface area (Å²) in [4.78, 5) is 0. The second-order valence-corrected chi connectivity index (χ2v) is 7.33. The van der Waals surface area contributed by atoms with Crippen molar-refractivity contribution in [3.05, 3.63) is 34.6 Å². The van der Waals surface area contributed by atoms with Crippen molar-refractivity contribution >= 4 is 11.6 Å². The van der Waals surface area contributed by atoms with Gasteiger partial charge in [-0.25, -0.2) is 4.39 Å². The Morgan fingerprint density at radius 1 is 1.30 bits per heavy atom. The van der Waals surface area contributed by atoms with Crippen LogP contribution in [0.1, 0.15) is 57.9 Å². The Bertz CT molecular complexity index is 447. The zero-order valence-electron chi connectivity index (χ0n) is 12.7. The highest BCUT2D eigenvalue weighted by molar-refractivity contribution is 6.30. The van der Waals surface area contributed by atoms with Crippen molar-refractivity contribution < 1.29 is 4.39 Å². The minimum absolute atomic E-state index is 0.0475. The van der Waals surface area contributed by atoms with Crippen LogP contribution in [-0.4, -0.2) is 12.1 Å². The second kappa shape index (κ2) is 6.44. The molecule has 1 aliphatic carbocycles. The van der Waals surface area contributed by atoms with Crippen LogP contribution < -0.4 is 5.32 Å². The van der Waals surface area contributed by atoms with E-state index in [2.05, 4.69) is 26.1 Å². The first-order valence-electron chi connectivity index (χ1n) is 7.57. The molecule has 1 nitrogen and oxygen atoms in total. The Hall–Kier alpha value is -0.600.